The van der Waals surface area contributed by atoms with Crippen LogP contribution in [0.15, 0.2) is 24.3 Å². The molecule has 0 aliphatic heterocycles. The summed E-state index contributed by atoms with van der Waals surface area (Å²) in [6.07, 6.45) is 2.12. The largest absolute Gasteiger partial charge is 0.497 e. The number of ether oxygens (including phenoxy) is 1. The Labute approximate surface area is 116 Å². The van der Waals surface area contributed by atoms with Crippen LogP contribution in [0, 0.1) is 5.92 Å². The van der Waals surface area contributed by atoms with Crippen molar-refractivity contribution in [2.24, 2.45) is 5.92 Å². The van der Waals surface area contributed by atoms with Crippen LogP contribution in [0.4, 0.5) is 0 Å². The summed E-state index contributed by atoms with van der Waals surface area (Å²) in [5.41, 5.74) is 0.939. The van der Waals surface area contributed by atoms with Gasteiger partial charge in [0, 0.05) is 19.1 Å². The first-order valence-electron chi connectivity index (χ1n) is 7.16. The molecule has 2 rings (SSSR count). The van der Waals surface area contributed by atoms with Gasteiger partial charge in [0.25, 0.3) is 0 Å². The van der Waals surface area contributed by atoms with Crippen molar-refractivity contribution in [3.63, 3.8) is 0 Å². The Bertz CT molecular complexity index is 401. The van der Waals surface area contributed by atoms with E-state index >= 15 is 0 Å². The Kier molecular flexibility index (Phi) is 4.83. The van der Waals surface area contributed by atoms with Crippen LogP contribution in [0.5, 0.6) is 5.75 Å². The number of rotatable bonds is 7. The summed E-state index contributed by atoms with van der Waals surface area (Å²) in [6.45, 7) is 6.24. The first-order valence-corrected chi connectivity index (χ1v) is 7.16. The number of nitrogens with zero attached hydrogens (tertiary/aromatic N) is 1. The summed E-state index contributed by atoms with van der Waals surface area (Å²) in [7, 11) is 1.65. The van der Waals surface area contributed by atoms with Crippen molar-refractivity contribution in [2.75, 3.05) is 20.2 Å². The lowest BCUT2D eigenvalue weighted by molar-refractivity contribution is 0.101. The standard InChI is InChI=1S/C16H25NO2/c1-12(2)10-17(14-7-8-14)11-16(18)13-5-4-6-15(9-13)19-3/h4-6,9,12,14,16,18H,7-8,10-11H2,1-3H3. The fraction of sp³-hybridized carbons (Fsp3) is 0.625. The molecule has 1 aromatic carbocycles. The molecule has 1 atom stereocenters. The summed E-state index contributed by atoms with van der Waals surface area (Å²) in [5, 5.41) is 10.4. The van der Waals surface area contributed by atoms with Crippen molar-refractivity contribution in [1.29, 1.82) is 0 Å². The molecule has 0 spiro atoms. The molecule has 0 heterocycles. The van der Waals surface area contributed by atoms with Crippen LogP contribution < -0.4 is 4.74 Å². The summed E-state index contributed by atoms with van der Waals surface area (Å²) in [4.78, 5) is 2.43. The van der Waals surface area contributed by atoms with Gasteiger partial charge in [-0.05, 0) is 36.5 Å². The molecule has 1 saturated carbocycles. The lowest BCUT2D eigenvalue weighted by Gasteiger charge is -2.26. The van der Waals surface area contributed by atoms with Gasteiger partial charge in [0.15, 0.2) is 0 Å². The molecule has 1 fully saturated rings. The highest BCUT2D eigenvalue weighted by atomic mass is 16.5. The number of benzene rings is 1. The zero-order valence-electron chi connectivity index (χ0n) is 12.2. The van der Waals surface area contributed by atoms with E-state index in [2.05, 4.69) is 18.7 Å². The zero-order chi connectivity index (χ0) is 13.8. The van der Waals surface area contributed by atoms with Crippen molar-refractivity contribution in [3.8, 4) is 5.75 Å². The van der Waals surface area contributed by atoms with Crippen LogP contribution in [0.3, 0.4) is 0 Å². The highest BCUT2D eigenvalue weighted by Gasteiger charge is 2.30. The van der Waals surface area contributed by atoms with Crippen molar-refractivity contribution in [1.82, 2.24) is 4.90 Å². The van der Waals surface area contributed by atoms with E-state index in [4.69, 9.17) is 4.74 Å². The van der Waals surface area contributed by atoms with Crippen LogP contribution in [0.1, 0.15) is 38.4 Å². The van der Waals surface area contributed by atoms with Crippen LogP contribution >= 0.6 is 0 Å². The molecule has 3 heteroatoms. The molecule has 1 unspecified atom stereocenters. The second-order valence-electron chi connectivity index (χ2n) is 5.87. The maximum absolute atomic E-state index is 10.4. The molecule has 19 heavy (non-hydrogen) atoms. The number of hydrogen-bond donors (Lipinski definition) is 1. The maximum atomic E-state index is 10.4. The average Bonchev–Trinajstić information content (AvgIpc) is 3.21. The third-order valence-corrected chi connectivity index (χ3v) is 3.55. The fourth-order valence-electron chi connectivity index (χ4n) is 2.46. The van der Waals surface area contributed by atoms with Crippen LogP contribution in [-0.2, 0) is 0 Å². The number of aliphatic hydroxyl groups is 1. The predicted molar refractivity (Wildman–Crippen MR) is 77.4 cm³/mol. The fourth-order valence-corrected chi connectivity index (χ4v) is 2.46. The van der Waals surface area contributed by atoms with Gasteiger partial charge in [0.05, 0.1) is 13.2 Å². The maximum Gasteiger partial charge on any atom is 0.119 e. The van der Waals surface area contributed by atoms with Gasteiger partial charge < -0.3 is 9.84 Å². The van der Waals surface area contributed by atoms with E-state index in [0.717, 1.165) is 24.4 Å². The third-order valence-electron chi connectivity index (χ3n) is 3.55. The number of methoxy groups -OCH3 is 1. The molecular weight excluding hydrogens is 238 g/mol. The molecule has 0 saturated heterocycles. The lowest BCUT2D eigenvalue weighted by Crippen LogP contribution is -2.33. The monoisotopic (exact) mass is 263 g/mol. The molecule has 1 aromatic rings. The number of hydrogen-bond acceptors (Lipinski definition) is 3. The lowest BCUT2D eigenvalue weighted by atomic mass is 10.1. The molecule has 106 valence electrons. The second-order valence-corrected chi connectivity index (χ2v) is 5.87. The predicted octanol–water partition coefficient (Wildman–Crippen LogP) is 2.85. The van der Waals surface area contributed by atoms with Gasteiger partial charge in [0.1, 0.15) is 5.75 Å². The highest BCUT2D eigenvalue weighted by molar-refractivity contribution is 5.30. The van der Waals surface area contributed by atoms with E-state index in [1.165, 1.54) is 12.8 Å². The minimum atomic E-state index is -0.436. The molecule has 0 radical (unpaired) electrons. The van der Waals surface area contributed by atoms with E-state index < -0.39 is 6.10 Å². The van der Waals surface area contributed by atoms with Crippen molar-refractivity contribution in [2.45, 2.75) is 38.8 Å². The molecule has 0 bridgehead atoms. The van der Waals surface area contributed by atoms with Gasteiger partial charge in [0.2, 0.25) is 0 Å². The van der Waals surface area contributed by atoms with Gasteiger partial charge in [-0.3, -0.25) is 4.90 Å². The van der Waals surface area contributed by atoms with Crippen molar-refractivity contribution >= 4 is 0 Å². The van der Waals surface area contributed by atoms with Gasteiger partial charge in [-0.25, -0.2) is 0 Å². The number of aliphatic hydroxyl groups excluding tert-OH is 1. The SMILES string of the molecule is COc1cccc(C(O)CN(CC(C)C)C2CC2)c1. The van der Waals surface area contributed by atoms with E-state index in [9.17, 15) is 5.11 Å². The molecule has 0 amide bonds. The summed E-state index contributed by atoms with van der Waals surface area (Å²) < 4.78 is 5.21. The smallest absolute Gasteiger partial charge is 0.119 e. The Balaban J connectivity index is 1.99. The summed E-state index contributed by atoms with van der Waals surface area (Å²) in [5.74, 6) is 1.44. The summed E-state index contributed by atoms with van der Waals surface area (Å²) in [6, 6.07) is 8.41. The van der Waals surface area contributed by atoms with Crippen LogP contribution in [-0.4, -0.2) is 36.2 Å². The van der Waals surface area contributed by atoms with E-state index in [1.807, 2.05) is 24.3 Å². The average molecular weight is 263 g/mol. The minimum absolute atomic E-state index is 0.436. The highest BCUT2D eigenvalue weighted by Crippen LogP contribution is 2.30. The van der Waals surface area contributed by atoms with Crippen molar-refractivity contribution < 1.29 is 9.84 Å². The van der Waals surface area contributed by atoms with Crippen molar-refractivity contribution in [3.05, 3.63) is 29.8 Å². The van der Waals surface area contributed by atoms with Crippen LogP contribution in [0.2, 0.25) is 0 Å². The van der Waals surface area contributed by atoms with Gasteiger partial charge in [-0.15, -0.1) is 0 Å². The Morgan fingerprint density at radius 3 is 2.63 bits per heavy atom. The summed E-state index contributed by atoms with van der Waals surface area (Å²) >= 11 is 0. The first kappa shape index (κ1) is 14.4. The minimum Gasteiger partial charge on any atom is -0.497 e. The van der Waals surface area contributed by atoms with Gasteiger partial charge in [-0.1, -0.05) is 26.0 Å². The molecule has 1 N–H and O–H groups in total. The quantitative estimate of drug-likeness (QED) is 0.821. The van der Waals surface area contributed by atoms with Gasteiger partial charge >= 0.3 is 0 Å². The normalized spacial score (nSPS) is 16.9. The van der Waals surface area contributed by atoms with Gasteiger partial charge in [-0.2, -0.15) is 0 Å². The van der Waals surface area contributed by atoms with E-state index in [1.54, 1.807) is 7.11 Å². The van der Waals surface area contributed by atoms with E-state index in [-0.39, 0.29) is 0 Å². The topological polar surface area (TPSA) is 32.7 Å². The Hall–Kier alpha value is -1.06. The molecule has 3 nitrogen and oxygen atoms in total. The second kappa shape index (κ2) is 6.40. The van der Waals surface area contributed by atoms with Crippen LogP contribution in [0.25, 0.3) is 0 Å². The van der Waals surface area contributed by atoms with E-state index in [0.29, 0.717) is 12.0 Å². The Morgan fingerprint density at radius 1 is 1.32 bits per heavy atom. The first-order chi connectivity index (χ1) is 9.10. The molecule has 0 aromatic heterocycles. The molecule has 1 aliphatic rings. The molecular formula is C16H25NO2. The molecule has 1 aliphatic carbocycles. The Morgan fingerprint density at radius 2 is 2.05 bits per heavy atom. The zero-order valence-corrected chi connectivity index (χ0v) is 12.2. The third kappa shape index (κ3) is 4.22.